The lowest BCUT2D eigenvalue weighted by Gasteiger charge is -2.31. The van der Waals surface area contributed by atoms with E-state index in [-0.39, 0.29) is 24.0 Å². The molecule has 1 unspecified atom stereocenters. The smallest absolute Gasteiger partial charge is 0.236 e. The summed E-state index contributed by atoms with van der Waals surface area (Å²) >= 11 is 0. The lowest BCUT2D eigenvalue weighted by Crippen LogP contribution is -2.47. The van der Waals surface area contributed by atoms with Gasteiger partial charge in [-0.05, 0) is 26.2 Å². The van der Waals surface area contributed by atoms with E-state index < -0.39 is 0 Å². The van der Waals surface area contributed by atoms with E-state index in [1.807, 2.05) is 13.8 Å². The molecule has 0 rings (SSSR count). The van der Waals surface area contributed by atoms with Gasteiger partial charge < -0.3 is 15.7 Å². The van der Waals surface area contributed by atoms with E-state index in [1.165, 1.54) is 0 Å². The van der Waals surface area contributed by atoms with Crippen molar-refractivity contribution in [1.29, 1.82) is 0 Å². The van der Waals surface area contributed by atoms with Crippen LogP contribution in [-0.2, 0) is 4.79 Å². The fourth-order valence-electron chi connectivity index (χ4n) is 1.64. The highest BCUT2D eigenvalue weighted by atomic mass is 16.3. The Balaban J connectivity index is 4.12. The lowest BCUT2D eigenvalue weighted by atomic mass is 9.83. The monoisotopic (exact) mass is 244 g/mol. The van der Waals surface area contributed by atoms with Crippen LogP contribution >= 0.6 is 0 Å². The van der Waals surface area contributed by atoms with Gasteiger partial charge in [-0.15, -0.1) is 0 Å². The summed E-state index contributed by atoms with van der Waals surface area (Å²) in [7, 11) is 0. The Morgan fingerprint density at radius 3 is 2.29 bits per heavy atom. The molecule has 0 saturated carbocycles. The Hall–Kier alpha value is -0.610. The second-order valence-electron chi connectivity index (χ2n) is 4.76. The number of carbonyl (C=O) groups is 1. The van der Waals surface area contributed by atoms with Gasteiger partial charge in [0.2, 0.25) is 5.91 Å². The van der Waals surface area contributed by atoms with Crippen molar-refractivity contribution in [2.24, 2.45) is 5.41 Å². The van der Waals surface area contributed by atoms with Gasteiger partial charge in [0, 0.05) is 25.1 Å². The normalized spacial score (nSPS) is 13.5. The molecule has 3 N–H and O–H groups in total. The van der Waals surface area contributed by atoms with Crippen molar-refractivity contribution in [3.8, 4) is 0 Å². The standard InChI is InChI=1S/C13H28N2O2/c1-5-8-14-12(17)11(4)15-9-13(6-2,7-3)10-16/h11,15-16H,5-10H2,1-4H3,(H,14,17). The molecule has 4 heteroatoms. The fourth-order valence-corrected chi connectivity index (χ4v) is 1.64. The van der Waals surface area contributed by atoms with Crippen molar-refractivity contribution < 1.29 is 9.90 Å². The molecule has 0 aliphatic heterocycles. The molecule has 0 radical (unpaired) electrons. The van der Waals surface area contributed by atoms with E-state index in [0.717, 1.165) is 25.8 Å². The first-order valence-corrected chi connectivity index (χ1v) is 6.67. The van der Waals surface area contributed by atoms with Crippen molar-refractivity contribution in [1.82, 2.24) is 10.6 Å². The minimum Gasteiger partial charge on any atom is -0.396 e. The van der Waals surface area contributed by atoms with E-state index in [0.29, 0.717) is 6.54 Å². The summed E-state index contributed by atoms with van der Waals surface area (Å²) in [4.78, 5) is 11.6. The van der Waals surface area contributed by atoms with Crippen LogP contribution in [0.3, 0.4) is 0 Å². The third-order valence-electron chi connectivity index (χ3n) is 3.56. The highest BCUT2D eigenvalue weighted by Crippen LogP contribution is 2.24. The van der Waals surface area contributed by atoms with Crippen LogP contribution < -0.4 is 10.6 Å². The largest absolute Gasteiger partial charge is 0.396 e. The molecule has 0 spiro atoms. The van der Waals surface area contributed by atoms with E-state index in [9.17, 15) is 9.90 Å². The van der Waals surface area contributed by atoms with Crippen molar-refractivity contribution in [3.63, 3.8) is 0 Å². The molecule has 0 saturated heterocycles. The Bertz CT molecular complexity index is 207. The zero-order valence-corrected chi connectivity index (χ0v) is 11.7. The van der Waals surface area contributed by atoms with Gasteiger partial charge >= 0.3 is 0 Å². The summed E-state index contributed by atoms with van der Waals surface area (Å²) in [5.74, 6) is 0.0332. The number of hydrogen-bond donors (Lipinski definition) is 3. The molecule has 1 amide bonds. The predicted molar refractivity (Wildman–Crippen MR) is 70.9 cm³/mol. The summed E-state index contributed by atoms with van der Waals surface area (Å²) in [6.07, 6.45) is 2.77. The third-order valence-corrected chi connectivity index (χ3v) is 3.56. The zero-order valence-electron chi connectivity index (χ0n) is 11.7. The number of aliphatic hydroxyl groups is 1. The summed E-state index contributed by atoms with van der Waals surface area (Å²) in [6.45, 7) is 9.60. The van der Waals surface area contributed by atoms with Gasteiger partial charge in [0.25, 0.3) is 0 Å². The Kier molecular flexibility index (Phi) is 8.17. The second kappa shape index (κ2) is 8.48. The third kappa shape index (κ3) is 5.50. The van der Waals surface area contributed by atoms with Crippen LogP contribution in [0, 0.1) is 5.41 Å². The quantitative estimate of drug-likeness (QED) is 0.573. The molecule has 0 aromatic carbocycles. The van der Waals surface area contributed by atoms with Crippen LogP contribution in [0.1, 0.15) is 47.0 Å². The molecule has 1 atom stereocenters. The van der Waals surface area contributed by atoms with Gasteiger partial charge in [0.15, 0.2) is 0 Å². The SMILES string of the molecule is CCCNC(=O)C(C)NCC(CC)(CC)CO. The van der Waals surface area contributed by atoms with Crippen LogP contribution in [0.4, 0.5) is 0 Å². The maximum Gasteiger partial charge on any atom is 0.236 e. The summed E-state index contributed by atoms with van der Waals surface area (Å²) < 4.78 is 0. The minimum absolute atomic E-state index is 0.0332. The van der Waals surface area contributed by atoms with Crippen molar-refractivity contribution in [2.75, 3.05) is 19.7 Å². The van der Waals surface area contributed by atoms with Gasteiger partial charge in [-0.2, -0.15) is 0 Å². The highest BCUT2D eigenvalue weighted by molar-refractivity contribution is 5.81. The van der Waals surface area contributed by atoms with Gasteiger partial charge in [0.1, 0.15) is 0 Å². The van der Waals surface area contributed by atoms with Crippen LogP contribution in [0.2, 0.25) is 0 Å². The van der Waals surface area contributed by atoms with Gasteiger partial charge in [-0.3, -0.25) is 4.79 Å². The van der Waals surface area contributed by atoms with E-state index >= 15 is 0 Å². The maximum atomic E-state index is 11.6. The first-order chi connectivity index (χ1) is 8.05. The maximum absolute atomic E-state index is 11.6. The van der Waals surface area contributed by atoms with Crippen molar-refractivity contribution in [2.45, 2.75) is 53.0 Å². The molecule has 4 nitrogen and oxygen atoms in total. The Morgan fingerprint density at radius 2 is 1.88 bits per heavy atom. The van der Waals surface area contributed by atoms with E-state index in [2.05, 4.69) is 24.5 Å². The second-order valence-corrected chi connectivity index (χ2v) is 4.76. The average Bonchev–Trinajstić information content (AvgIpc) is 2.37. The number of amides is 1. The fraction of sp³-hybridized carbons (Fsp3) is 0.923. The number of hydrogen-bond acceptors (Lipinski definition) is 3. The van der Waals surface area contributed by atoms with Crippen molar-refractivity contribution in [3.05, 3.63) is 0 Å². The first-order valence-electron chi connectivity index (χ1n) is 6.67. The summed E-state index contributed by atoms with van der Waals surface area (Å²) in [5, 5.41) is 15.5. The number of nitrogens with one attached hydrogen (secondary N) is 2. The number of carbonyl (C=O) groups excluding carboxylic acids is 1. The zero-order chi connectivity index (χ0) is 13.3. The summed E-state index contributed by atoms with van der Waals surface area (Å²) in [5.41, 5.74) is -0.0979. The van der Waals surface area contributed by atoms with E-state index in [4.69, 9.17) is 0 Å². The Labute approximate surface area is 105 Å². The molecule has 102 valence electrons. The molecule has 0 aliphatic rings. The first kappa shape index (κ1) is 16.4. The lowest BCUT2D eigenvalue weighted by molar-refractivity contribution is -0.122. The molecule has 0 bridgehead atoms. The Morgan fingerprint density at radius 1 is 1.29 bits per heavy atom. The van der Waals surface area contributed by atoms with Gasteiger partial charge in [-0.25, -0.2) is 0 Å². The van der Waals surface area contributed by atoms with Crippen LogP contribution in [-0.4, -0.2) is 36.8 Å². The van der Waals surface area contributed by atoms with Gasteiger partial charge in [-0.1, -0.05) is 20.8 Å². The molecule has 0 heterocycles. The molecule has 0 aromatic rings. The number of rotatable bonds is 9. The van der Waals surface area contributed by atoms with Crippen molar-refractivity contribution >= 4 is 5.91 Å². The molecule has 17 heavy (non-hydrogen) atoms. The molecule has 0 aromatic heterocycles. The van der Waals surface area contributed by atoms with E-state index in [1.54, 1.807) is 0 Å². The number of aliphatic hydroxyl groups excluding tert-OH is 1. The van der Waals surface area contributed by atoms with Crippen LogP contribution in [0.5, 0.6) is 0 Å². The molecular weight excluding hydrogens is 216 g/mol. The molecule has 0 fully saturated rings. The minimum atomic E-state index is -0.203. The molecular formula is C13H28N2O2. The molecule has 0 aliphatic carbocycles. The van der Waals surface area contributed by atoms with Gasteiger partial charge in [0.05, 0.1) is 6.04 Å². The average molecular weight is 244 g/mol. The summed E-state index contributed by atoms with van der Waals surface area (Å²) in [6, 6.07) is -0.203. The van der Waals surface area contributed by atoms with Crippen LogP contribution in [0.15, 0.2) is 0 Å². The highest BCUT2D eigenvalue weighted by Gasteiger charge is 2.26. The predicted octanol–water partition coefficient (Wildman–Crippen LogP) is 1.29. The van der Waals surface area contributed by atoms with Crippen LogP contribution in [0.25, 0.3) is 0 Å². The topological polar surface area (TPSA) is 61.4 Å².